The smallest absolute Gasteiger partial charge is 0.475 e. The fourth-order valence-corrected chi connectivity index (χ4v) is 3.25. The van der Waals surface area contributed by atoms with Gasteiger partial charge in [0.05, 0.1) is 0 Å². The van der Waals surface area contributed by atoms with Crippen molar-refractivity contribution in [2.24, 2.45) is 11.5 Å². The van der Waals surface area contributed by atoms with Crippen LogP contribution in [-0.2, 0) is 9.59 Å². The number of hydrogen-bond donors (Lipinski definition) is 4. The highest BCUT2D eigenvalue weighted by molar-refractivity contribution is 6.04. The third kappa shape index (κ3) is 7.30. The highest BCUT2D eigenvalue weighted by Crippen LogP contribution is 2.34. The number of nitrogens with two attached hydrogens (primary N) is 2. The number of nitrogens with one attached hydrogen (secondary N) is 1. The number of alkyl halides is 3. The summed E-state index contributed by atoms with van der Waals surface area (Å²) >= 11 is 0. The molecule has 0 unspecified atom stereocenters. The van der Waals surface area contributed by atoms with Gasteiger partial charge in [-0.2, -0.15) is 13.2 Å². The molecule has 2 aromatic carbocycles. The number of primary amides is 1. The van der Waals surface area contributed by atoms with Gasteiger partial charge in [0.15, 0.2) is 11.6 Å². The Bertz CT molecular complexity index is 1170. The average Bonchev–Trinajstić information content (AvgIpc) is 2.76. The fourth-order valence-electron chi connectivity index (χ4n) is 3.25. The second-order valence-electron chi connectivity index (χ2n) is 7.43. The molecule has 2 aromatic rings. The summed E-state index contributed by atoms with van der Waals surface area (Å²) in [5, 5.41) is 9.78. The number of benzene rings is 2. The number of anilines is 1. The van der Waals surface area contributed by atoms with Gasteiger partial charge >= 0.3 is 12.1 Å². The molecule has 35 heavy (non-hydrogen) atoms. The first-order chi connectivity index (χ1) is 16.2. The number of carbonyl (C=O) groups is 3. The van der Waals surface area contributed by atoms with Crippen molar-refractivity contribution in [1.82, 2.24) is 0 Å². The van der Waals surface area contributed by atoms with E-state index in [1.54, 1.807) is 18.2 Å². The molecule has 0 aromatic heterocycles. The van der Waals surface area contributed by atoms with E-state index in [4.69, 9.17) is 21.4 Å². The standard InChI is InChI=1S/C20H18F3N3O2.C2HF3O2/c21-15-9-17(23)16(22)8-14(15)13-5-4-11(7-18(13)24)20(28)26-12-3-1-2-10(6-12)19(25)27;3-2(4,5)1(6)7/h1-4,6,8-9,13,18H,5,7,24H2,(H2,25,27)(H,26,28);(H,6,7)/t13-,18+;/m1./s1. The first-order valence-corrected chi connectivity index (χ1v) is 9.81. The van der Waals surface area contributed by atoms with Gasteiger partial charge in [0, 0.05) is 34.9 Å². The van der Waals surface area contributed by atoms with E-state index in [1.165, 1.54) is 12.1 Å². The lowest BCUT2D eigenvalue weighted by atomic mass is 9.80. The van der Waals surface area contributed by atoms with Crippen LogP contribution in [0.1, 0.15) is 34.7 Å². The van der Waals surface area contributed by atoms with Crippen molar-refractivity contribution in [3.8, 4) is 0 Å². The molecule has 2 amide bonds. The maximum Gasteiger partial charge on any atom is 0.490 e. The Kier molecular flexibility index (Phi) is 8.63. The molecule has 0 aliphatic heterocycles. The molecule has 0 saturated carbocycles. The van der Waals surface area contributed by atoms with Crippen molar-refractivity contribution in [3.05, 3.63) is 76.6 Å². The maximum absolute atomic E-state index is 14.0. The lowest BCUT2D eigenvalue weighted by Gasteiger charge is -2.29. The number of carboxylic acids is 1. The summed E-state index contributed by atoms with van der Waals surface area (Å²) in [5.74, 6) is -7.65. The number of carbonyl (C=O) groups excluding carboxylic acids is 2. The van der Waals surface area contributed by atoms with E-state index >= 15 is 0 Å². The normalized spacial score (nSPS) is 17.5. The van der Waals surface area contributed by atoms with Crippen LogP contribution in [0.4, 0.5) is 32.0 Å². The summed E-state index contributed by atoms with van der Waals surface area (Å²) in [7, 11) is 0. The minimum Gasteiger partial charge on any atom is -0.475 e. The molecule has 7 nitrogen and oxygen atoms in total. The summed E-state index contributed by atoms with van der Waals surface area (Å²) < 4.78 is 72.4. The molecule has 0 saturated heterocycles. The number of amides is 2. The topological polar surface area (TPSA) is 136 Å². The Morgan fingerprint density at radius 2 is 1.60 bits per heavy atom. The molecule has 1 aliphatic rings. The largest absolute Gasteiger partial charge is 0.490 e. The predicted octanol–water partition coefficient (Wildman–Crippen LogP) is 3.61. The number of rotatable bonds is 4. The molecule has 0 spiro atoms. The highest BCUT2D eigenvalue weighted by Gasteiger charge is 2.38. The van der Waals surface area contributed by atoms with Gasteiger partial charge in [-0.3, -0.25) is 9.59 Å². The van der Waals surface area contributed by atoms with Gasteiger partial charge < -0.3 is 21.9 Å². The number of carboxylic acid groups (broad SMARTS) is 1. The van der Waals surface area contributed by atoms with Crippen LogP contribution in [0.15, 0.2) is 48.0 Å². The highest BCUT2D eigenvalue weighted by atomic mass is 19.4. The Labute approximate surface area is 194 Å². The Balaban J connectivity index is 0.000000540. The van der Waals surface area contributed by atoms with Crippen LogP contribution in [0.5, 0.6) is 0 Å². The zero-order valence-corrected chi connectivity index (χ0v) is 17.7. The number of halogens is 6. The molecule has 1 aliphatic carbocycles. The van der Waals surface area contributed by atoms with Gasteiger partial charge in [-0.1, -0.05) is 12.1 Å². The summed E-state index contributed by atoms with van der Waals surface area (Å²) in [4.78, 5) is 32.6. The minimum atomic E-state index is -5.08. The Hall–Kier alpha value is -3.87. The first kappa shape index (κ1) is 27.4. The number of hydrogen-bond acceptors (Lipinski definition) is 4. The third-order valence-corrected chi connectivity index (χ3v) is 4.97. The summed E-state index contributed by atoms with van der Waals surface area (Å²) in [6, 6.07) is 6.81. The van der Waals surface area contributed by atoms with Crippen molar-refractivity contribution < 1.29 is 45.8 Å². The molecular formula is C22H19F6N3O4. The van der Waals surface area contributed by atoms with Crippen molar-refractivity contribution in [2.45, 2.75) is 31.0 Å². The van der Waals surface area contributed by atoms with Gasteiger partial charge in [-0.15, -0.1) is 0 Å². The molecule has 3 rings (SSSR count). The lowest BCUT2D eigenvalue weighted by molar-refractivity contribution is -0.192. The molecule has 0 heterocycles. The van der Waals surface area contributed by atoms with Crippen LogP contribution >= 0.6 is 0 Å². The summed E-state index contributed by atoms with van der Waals surface area (Å²) in [6.45, 7) is 0. The van der Waals surface area contributed by atoms with Crippen LogP contribution in [-0.4, -0.2) is 35.1 Å². The molecule has 0 bridgehead atoms. The quantitative estimate of drug-likeness (QED) is 0.374. The SMILES string of the molecule is NC(=O)c1cccc(NC(=O)C2=CC[C@H](c3cc(F)c(F)cc3F)[C@@H](N)C2)c1.O=C(O)C(F)(F)F. The van der Waals surface area contributed by atoms with Crippen molar-refractivity contribution >= 4 is 23.5 Å². The maximum atomic E-state index is 14.0. The van der Waals surface area contributed by atoms with Crippen LogP contribution in [0.3, 0.4) is 0 Å². The molecular weight excluding hydrogens is 484 g/mol. The fraction of sp³-hybridized carbons (Fsp3) is 0.227. The predicted molar refractivity (Wildman–Crippen MR) is 112 cm³/mol. The lowest BCUT2D eigenvalue weighted by Crippen LogP contribution is -2.34. The van der Waals surface area contributed by atoms with Crippen LogP contribution in [0, 0.1) is 17.5 Å². The Morgan fingerprint density at radius 1 is 1.00 bits per heavy atom. The summed E-state index contributed by atoms with van der Waals surface area (Å²) in [5.41, 5.74) is 12.3. The van der Waals surface area contributed by atoms with E-state index in [0.717, 1.165) is 6.07 Å². The monoisotopic (exact) mass is 503 g/mol. The molecule has 13 heteroatoms. The van der Waals surface area contributed by atoms with E-state index in [2.05, 4.69) is 5.32 Å². The van der Waals surface area contributed by atoms with E-state index in [1.807, 2.05) is 0 Å². The molecule has 6 N–H and O–H groups in total. The van der Waals surface area contributed by atoms with Crippen LogP contribution in [0.2, 0.25) is 0 Å². The van der Waals surface area contributed by atoms with Gasteiger partial charge in [0.1, 0.15) is 5.82 Å². The van der Waals surface area contributed by atoms with Crippen molar-refractivity contribution in [3.63, 3.8) is 0 Å². The van der Waals surface area contributed by atoms with Gasteiger partial charge in [-0.25, -0.2) is 18.0 Å². The number of aliphatic carboxylic acids is 1. The van der Waals surface area contributed by atoms with Crippen molar-refractivity contribution in [2.75, 3.05) is 5.32 Å². The zero-order valence-electron chi connectivity index (χ0n) is 17.7. The van der Waals surface area contributed by atoms with E-state index in [9.17, 15) is 35.9 Å². The van der Waals surface area contributed by atoms with E-state index in [-0.39, 0.29) is 24.0 Å². The second-order valence-corrected chi connectivity index (χ2v) is 7.43. The van der Waals surface area contributed by atoms with Gasteiger partial charge in [0.25, 0.3) is 5.91 Å². The van der Waals surface area contributed by atoms with E-state index in [0.29, 0.717) is 17.3 Å². The number of allylic oxidation sites excluding steroid dienone is 1. The molecule has 188 valence electrons. The van der Waals surface area contributed by atoms with Crippen LogP contribution < -0.4 is 16.8 Å². The summed E-state index contributed by atoms with van der Waals surface area (Å²) in [6.07, 6.45) is -3.15. The van der Waals surface area contributed by atoms with Crippen molar-refractivity contribution in [1.29, 1.82) is 0 Å². The molecule has 2 atom stereocenters. The van der Waals surface area contributed by atoms with Crippen LogP contribution in [0.25, 0.3) is 0 Å². The van der Waals surface area contributed by atoms with E-state index < -0.39 is 53.4 Å². The van der Waals surface area contributed by atoms with Gasteiger partial charge in [0.2, 0.25) is 5.91 Å². The second kappa shape index (κ2) is 11.0. The minimum absolute atomic E-state index is 0.0173. The first-order valence-electron chi connectivity index (χ1n) is 9.81. The zero-order chi connectivity index (χ0) is 26.5. The molecule has 0 radical (unpaired) electrons. The molecule has 0 fully saturated rings. The third-order valence-electron chi connectivity index (χ3n) is 4.97. The average molecular weight is 503 g/mol. The Morgan fingerprint density at radius 3 is 2.14 bits per heavy atom. The van der Waals surface area contributed by atoms with Gasteiger partial charge in [-0.05, 0) is 42.7 Å².